The van der Waals surface area contributed by atoms with Gasteiger partial charge in [0.15, 0.2) is 0 Å². The highest BCUT2D eigenvalue weighted by atomic mass is 16.1. The van der Waals surface area contributed by atoms with E-state index < -0.39 is 0 Å². The highest BCUT2D eigenvalue weighted by Gasteiger charge is 2.20. The van der Waals surface area contributed by atoms with Crippen molar-refractivity contribution < 1.29 is 4.79 Å². The monoisotopic (exact) mass is 274 g/mol. The van der Waals surface area contributed by atoms with Crippen LogP contribution in [0.3, 0.4) is 0 Å². The van der Waals surface area contributed by atoms with Crippen LogP contribution in [0.1, 0.15) is 36.1 Å². The Balaban J connectivity index is 1.92. The lowest BCUT2D eigenvalue weighted by Crippen LogP contribution is -2.30. The number of carbonyl (C=O) groups is 1. The van der Waals surface area contributed by atoms with Crippen LogP contribution in [-0.4, -0.2) is 30.5 Å². The van der Waals surface area contributed by atoms with Crippen LogP contribution in [0.5, 0.6) is 0 Å². The number of amides is 1. The highest BCUT2D eigenvalue weighted by molar-refractivity contribution is 5.77. The molecule has 0 unspecified atom stereocenters. The summed E-state index contributed by atoms with van der Waals surface area (Å²) in [5.41, 5.74) is 9.61. The predicted octanol–water partition coefficient (Wildman–Crippen LogP) is 0.745. The van der Waals surface area contributed by atoms with Gasteiger partial charge in [-0.15, -0.1) is 0 Å². The van der Waals surface area contributed by atoms with Crippen molar-refractivity contribution in [1.29, 1.82) is 0 Å². The Kier molecular flexibility index (Phi) is 3.87. The van der Waals surface area contributed by atoms with Gasteiger partial charge in [-0.1, -0.05) is 0 Å². The van der Waals surface area contributed by atoms with Crippen molar-refractivity contribution in [2.24, 2.45) is 5.73 Å². The third-order valence-corrected chi connectivity index (χ3v) is 4.19. The molecule has 1 aromatic heterocycles. The van der Waals surface area contributed by atoms with Crippen LogP contribution in [0, 0.1) is 0 Å². The molecule has 1 aromatic rings. The number of rotatable bonds is 2. The van der Waals surface area contributed by atoms with E-state index in [1.165, 1.54) is 24.1 Å². The molecular weight excluding hydrogens is 252 g/mol. The summed E-state index contributed by atoms with van der Waals surface area (Å²) in [6, 6.07) is 2.23. The quantitative estimate of drug-likeness (QED) is 0.834. The lowest BCUT2D eigenvalue weighted by atomic mass is 9.94. The zero-order valence-electron chi connectivity index (χ0n) is 11.8. The number of anilines is 1. The number of carbonyl (C=O) groups excluding carboxylic acids is 1. The molecule has 108 valence electrons. The highest BCUT2D eigenvalue weighted by Crippen LogP contribution is 2.27. The van der Waals surface area contributed by atoms with Gasteiger partial charge in [0, 0.05) is 43.9 Å². The molecule has 0 atom stereocenters. The average Bonchev–Trinajstić information content (AvgIpc) is 2.70. The fourth-order valence-corrected chi connectivity index (χ4v) is 3.07. The van der Waals surface area contributed by atoms with Gasteiger partial charge in [0.25, 0.3) is 0 Å². The molecule has 1 saturated heterocycles. The van der Waals surface area contributed by atoms with Crippen molar-refractivity contribution in [3.8, 4) is 0 Å². The summed E-state index contributed by atoms with van der Waals surface area (Å²) in [7, 11) is 0. The van der Waals surface area contributed by atoms with Gasteiger partial charge in [-0.3, -0.25) is 4.79 Å². The lowest BCUT2D eigenvalue weighted by Gasteiger charge is -2.26. The summed E-state index contributed by atoms with van der Waals surface area (Å²) >= 11 is 0. The molecule has 1 aliphatic carbocycles. The predicted molar refractivity (Wildman–Crippen MR) is 78.6 cm³/mol. The number of hydrogen-bond acceptors (Lipinski definition) is 4. The molecule has 3 rings (SSSR count). The maximum absolute atomic E-state index is 11.5. The maximum atomic E-state index is 11.5. The van der Waals surface area contributed by atoms with E-state index in [-0.39, 0.29) is 5.91 Å². The minimum atomic E-state index is 0.125. The Labute approximate surface area is 119 Å². The second-order valence-corrected chi connectivity index (χ2v) is 5.58. The second-order valence-electron chi connectivity index (χ2n) is 5.58. The van der Waals surface area contributed by atoms with Gasteiger partial charge in [0.1, 0.15) is 5.82 Å². The maximum Gasteiger partial charge on any atom is 0.221 e. The van der Waals surface area contributed by atoms with Crippen molar-refractivity contribution in [3.63, 3.8) is 0 Å². The first kappa shape index (κ1) is 13.4. The number of aromatic nitrogens is 1. The Morgan fingerprint density at radius 3 is 2.95 bits per heavy atom. The lowest BCUT2D eigenvalue weighted by molar-refractivity contribution is -0.120. The number of nitrogens with two attached hydrogens (primary N) is 1. The van der Waals surface area contributed by atoms with Gasteiger partial charge in [0.2, 0.25) is 5.91 Å². The molecule has 20 heavy (non-hydrogen) atoms. The third kappa shape index (κ3) is 2.63. The van der Waals surface area contributed by atoms with Crippen LogP contribution < -0.4 is 16.0 Å². The van der Waals surface area contributed by atoms with Gasteiger partial charge >= 0.3 is 0 Å². The van der Waals surface area contributed by atoms with Crippen LogP contribution in [-0.2, 0) is 24.2 Å². The second kappa shape index (κ2) is 5.79. The fraction of sp³-hybridized carbons (Fsp3) is 0.600. The smallest absolute Gasteiger partial charge is 0.221 e. The van der Waals surface area contributed by atoms with E-state index in [9.17, 15) is 4.79 Å². The summed E-state index contributed by atoms with van der Waals surface area (Å²) in [5, 5.41) is 2.90. The van der Waals surface area contributed by atoms with E-state index in [4.69, 9.17) is 10.7 Å². The molecule has 2 heterocycles. The van der Waals surface area contributed by atoms with Gasteiger partial charge in [-0.25, -0.2) is 4.98 Å². The molecule has 0 bridgehead atoms. The summed E-state index contributed by atoms with van der Waals surface area (Å²) in [5.74, 6) is 1.12. The minimum Gasteiger partial charge on any atom is -0.354 e. The van der Waals surface area contributed by atoms with E-state index in [1.54, 1.807) is 0 Å². The van der Waals surface area contributed by atoms with E-state index >= 15 is 0 Å². The topological polar surface area (TPSA) is 71.2 Å². The number of hydrogen-bond donors (Lipinski definition) is 2. The number of aryl methyl sites for hydroxylation is 2. The summed E-state index contributed by atoms with van der Waals surface area (Å²) in [4.78, 5) is 18.5. The molecule has 0 aromatic carbocycles. The summed E-state index contributed by atoms with van der Waals surface area (Å²) in [6.45, 7) is 2.73. The van der Waals surface area contributed by atoms with E-state index in [0.29, 0.717) is 19.5 Å². The number of nitrogens with one attached hydrogen (secondary N) is 1. The Morgan fingerprint density at radius 1 is 1.25 bits per heavy atom. The molecule has 1 aliphatic heterocycles. The van der Waals surface area contributed by atoms with Gasteiger partial charge in [-0.2, -0.15) is 0 Å². The fourth-order valence-electron chi connectivity index (χ4n) is 3.07. The van der Waals surface area contributed by atoms with Crippen LogP contribution in [0.2, 0.25) is 0 Å². The van der Waals surface area contributed by atoms with E-state index in [1.807, 2.05) is 0 Å². The van der Waals surface area contributed by atoms with Crippen molar-refractivity contribution in [3.05, 3.63) is 22.9 Å². The van der Waals surface area contributed by atoms with Gasteiger partial charge < -0.3 is 16.0 Å². The van der Waals surface area contributed by atoms with E-state index in [2.05, 4.69) is 16.3 Å². The third-order valence-electron chi connectivity index (χ3n) is 4.19. The van der Waals surface area contributed by atoms with Crippen LogP contribution in [0.25, 0.3) is 0 Å². The molecule has 0 saturated carbocycles. The molecule has 3 N–H and O–H groups in total. The number of pyridine rings is 1. The largest absolute Gasteiger partial charge is 0.354 e. The van der Waals surface area contributed by atoms with Gasteiger partial charge in [-0.05, 0) is 37.3 Å². The molecule has 5 nitrogen and oxygen atoms in total. The van der Waals surface area contributed by atoms with Crippen molar-refractivity contribution in [1.82, 2.24) is 10.3 Å². The molecule has 0 spiro atoms. The normalized spacial score (nSPS) is 19.2. The number of fused-ring (bicyclic) bond motifs is 1. The molecule has 1 amide bonds. The summed E-state index contributed by atoms with van der Waals surface area (Å²) in [6.07, 6.45) is 5.19. The first-order chi connectivity index (χ1) is 9.78. The van der Waals surface area contributed by atoms with Crippen LogP contribution in [0.15, 0.2) is 6.07 Å². The zero-order chi connectivity index (χ0) is 13.9. The minimum absolute atomic E-state index is 0.125. The first-order valence-corrected chi connectivity index (χ1v) is 7.51. The molecule has 2 aliphatic rings. The molecule has 5 heteroatoms. The SMILES string of the molecule is NCc1cc2c(nc1N1CCNC(=O)CC1)CCCC2. The van der Waals surface area contributed by atoms with Crippen LogP contribution >= 0.6 is 0 Å². The summed E-state index contributed by atoms with van der Waals surface area (Å²) < 4.78 is 0. The Bertz CT molecular complexity index is 515. The Morgan fingerprint density at radius 2 is 2.10 bits per heavy atom. The van der Waals surface area contributed by atoms with Crippen molar-refractivity contribution in [2.45, 2.75) is 38.6 Å². The number of nitrogens with zero attached hydrogens (tertiary/aromatic N) is 2. The molecular formula is C15H22N4O. The van der Waals surface area contributed by atoms with Crippen LogP contribution in [0.4, 0.5) is 5.82 Å². The first-order valence-electron chi connectivity index (χ1n) is 7.51. The van der Waals surface area contributed by atoms with Gasteiger partial charge in [0.05, 0.1) is 0 Å². The average molecular weight is 274 g/mol. The van der Waals surface area contributed by atoms with E-state index in [0.717, 1.165) is 37.3 Å². The van der Waals surface area contributed by atoms with Crippen molar-refractivity contribution in [2.75, 3.05) is 24.5 Å². The zero-order valence-corrected chi connectivity index (χ0v) is 11.8. The Hall–Kier alpha value is -1.62. The van der Waals surface area contributed by atoms with Crippen molar-refractivity contribution >= 4 is 11.7 Å². The molecule has 0 radical (unpaired) electrons. The molecule has 1 fully saturated rings. The standard InChI is InChI=1S/C15H22N4O/c16-10-12-9-11-3-1-2-4-13(11)18-15(12)19-7-5-14(20)17-6-8-19/h9H,1-8,10,16H2,(H,17,20).